The first kappa shape index (κ1) is 7.58. The Hall–Kier alpha value is -0.530. The van der Waals surface area contributed by atoms with Crippen LogP contribution in [0, 0.1) is 5.92 Å². The summed E-state index contributed by atoms with van der Waals surface area (Å²) in [7, 11) is 0. The van der Waals surface area contributed by atoms with E-state index in [4.69, 9.17) is 4.74 Å². The first-order valence-electron chi connectivity index (χ1n) is 3.91. The molecule has 0 aliphatic carbocycles. The largest absolute Gasteiger partial charge is 0.462 e. The fourth-order valence-electron chi connectivity index (χ4n) is 1.35. The first-order valence-corrected chi connectivity index (χ1v) is 3.91. The summed E-state index contributed by atoms with van der Waals surface area (Å²) in [6.45, 7) is 4.15. The third-order valence-electron chi connectivity index (χ3n) is 1.93. The zero-order valence-electron chi connectivity index (χ0n) is 6.59. The fourth-order valence-corrected chi connectivity index (χ4v) is 1.35. The van der Waals surface area contributed by atoms with Crippen LogP contribution >= 0.6 is 0 Å². The summed E-state index contributed by atoms with van der Waals surface area (Å²) in [5.41, 5.74) is 0. The number of ether oxygens (including phenoxy) is 1. The minimum atomic E-state index is -0.0226. The van der Waals surface area contributed by atoms with Crippen molar-refractivity contribution < 1.29 is 9.53 Å². The van der Waals surface area contributed by atoms with Crippen molar-refractivity contribution in [3.05, 3.63) is 0 Å². The maximum atomic E-state index is 10.8. The molecule has 1 aliphatic rings. The minimum Gasteiger partial charge on any atom is -0.462 e. The Bertz CT molecular complexity index is 131. The van der Waals surface area contributed by atoms with Crippen molar-refractivity contribution in [1.82, 2.24) is 0 Å². The number of esters is 1. The van der Waals surface area contributed by atoms with E-state index in [2.05, 4.69) is 13.8 Å². The molecule has 0 spiro atoms. The smallest absolute Gasteiger partial charge is 0.306 e. The molecule has 1 rings (SSSR count). The van der Waals surface area contributed by atoms with Gasteiger partial charge in [-0.15, -0.1) is 0 Å². The van der Waals surface area contributed by atoms with E-state index < -0.39 is 0 Å². The third-order valence-corrected chi connectivity index (χ3v) is 1.93. The molecular formula is C8H14O2. The maximum Gasteiger partial charge on any atom is 0.306 e. The molecule has 0 bridgehead atoms. The van der Waals surface area contributed by atoms with E-state index in [9.17, 15) is 4.79 Å². The van der Waals surface area contributed by atoms with E-state index in [0.717, 1.165) is 12.8 Å². The van der Waals surface area contributed by atoms with Crippen molar-refractivity contribution >= 4 is 5.97 Å². The second-order valence-corrected chi connectivity index (χ2v) is 3.07. The van der Waals surface area contributed by atoms with E-state index in [0.29, 0.717) is 12.3 Å². The predicted octanol–water partition coefficient (Wildman–Crippen LogP) is 1.74. The molecule has 0 aromatic carbocycles. The van der Waals surface area contributed by atoms with E-state index in [-0.39, 0.29) is 12.1 Å². The van der Waals surface area contributed by atoms with Crippen molar-refractivity contribution in [2.24, 2.45) is 5.92 Å². The van der Waals surface area contributed by atoms with E-state index in [1.807, 2.05) is 0 Å². The Kier molecular flexibility index (Phi) is 2.30. The van der Waals surface area contributed by atoms with E-state index >= 15 is 0 Å². The monoisotopic (exact) mass is 142 g/mol. The van der Waals surface area contributed by atoms with Crippen LogP contribution in [0.3, 0.4) is 0 Å². The normalized spacial score (nSPS) is 33.6. The number of hydrogen-bond donors (Lipinski definition) is 0. The lowest BCUT2D eigenvalue weighted by Gasteiger charge is -2.25. The van der Waals surface area contributed by atoms with Crippen LogP contribution in [0.2, 0.25) is 0 Å². The number of hydrogen-bond acceptors (Lipinski definition) is 2. The molecule has 0 N–H and O–H groups in total. The zero-order valence-corrected chi connectivity index (χ0v) is 6.59. The number of carbonyl (C=O) groups excluding carboxylic acids is 1. The molecule has 2 atom stereocenters. The highest BCUT2D eigenvalue weighted by Gasteiger charge is 2.23. The maximum absolute atomic E-state index is 10.8. The van der Waals surface area contributed by atoms with Gasteiger partial charge in [0.05, 0.1) is 0 Å². The Balaban J connectivity index is 2.42. The van der Waals surface area contributed by atoms with Crippen LogP contribution in [0.5, 0.6) is 0 Å². The summed E-state index contributed by atoms with van der Waals surface area (Å²) < 4.78 is 5.07. The van der Waals surface area contributed by atoms with Crippen LogP contribution < -0.4 is 0 Å². The van der Waals surface area contributed by atoms with Crippen LogP contribution in [0.25, 0.3) is 0 Å². The standard InChI is InChI=1S/C8H14O2/c1-3-7-4-6(2)5-8(9)10-7/h6-7H,3-5H2,1-2H3/t6-,7?/m1/s1. The quantitative estimate of drug-likeness (QED) is 0.521. The number of carbonyl (C=O) groups is 1. The van der Waals surface area contributed by atoms with Gasteiger partial charge < -0.3 is 4.74 Å². The van der Waals surface area contributed by atoms with Crippen molar-refractivity contribution in [2.45, 2.75) is 39.2 Å². The summed E-state index contributed by atoms with van der Waals surface area (Å²) in [5, 5.41) is 0. The molecule has 58 valence electrons. The highest BCUT2D eigenvalue weighted by Crippen LogP contribution is 2.21. The molecule has 1 aliphatic heterocycles. The molecule has 0 radical (unpaired) electrons. The lowest BCUT2D eigenvalue weighted by atomic mass is 9.96. The Labute approximate surface area is 61.6 Å². The van der Waals surface area contributed by atoms with Crippen molar-refractivity contribution in [3.8, 4) is 0 Å². The molecule has 1 fully saturated rings. The summed E-state index contributed by atoms with van der Waals surface area (Å²) >= 11 is 0. The lowest BCUT2D eigenvalue weighted by molar-refractivity contribution is -0.156. The Morgan fingerprint density at radius 3 is 2.90 bits per heavy atom. The van der Waals surface area contributed by atoms with Gasteiger partial charge in [-0.3, -0.25) is 4.79 Å². The minimum absolute atomic E-state index is 0.0226. The van der Waals surface area contributed by atoms with E-state index in [1.54, 1.807) is 0 Å². The van der Waals surface area contributed by atoms with Gasteiger partial charge in [-0.1, -0.05) is 13.8 Å². The molecule has 0 aromatic heterocycles. The van der Waals surface area contributed by atoms with Crippen LogP contribution in [-0.2, 0) is 9.53 Å². The van der Waals surface area contributed by atoms with Crippen LogP contribution in [0.1, 0.15) is 33.1 Å². The number of rotatable bonds is 1. The molecule has 2 nitrogen and oxygen atoms in total. The highest BCUT2D eigenvalue weighted by atomic mass is 16.5. The van der Waals surface area contributed by atoms with Gasteiger partial charge in [0.2, 0.25) is 0 Å². The predicted molar refractivity (Wildman–Crippen MR) is 38.6 cm³/mol. The molecule has 0 amide bonds. The Morgan fingerprint density at radius 1 is 1.70 bits per heavy atom. The summed E-state index contributed by atoms with van der Waals surface area (Å²) in [6.07, 6.45) is 2.80. The second-order valence-electron chi connectivity index (χ2n) is 3.07. The molecule has 10 heavy (non-hydrogen) atoms. The van der Waals surface area contributed by atoms with Gasteiger partial charge in [0.25, 0.3) is 0 Å². The van der Waals surface area contributed by atoms with Gasteiger partial charge in [0.15, 0.2) is 0 Å². The van der Waals surface area contributed by atoms with Crippen molar-refractivity contribution in [1.29, 1.82) is 0 Å². The van der Waals surface area contributed by atoms with Gasteiger partial charge in [-0.25, -0.2) is 0 Å². The average Bonchev–Trinajstić information content (AvgIpc) is 1.85. The molecule has 2 heteroatoms. The summed E-state index contributed by atoms with van der Waals surface area (Å²) in [6, 6.07) is 0. The van der Waals surface area contributed by atoms with Gasteiger partial charge in [0.1, 0.15) is 6.10 Å². The number of cyclic esters (lactones) is 1. The second kappa shape index (κ2) is 3.04. The van der Waals surface area contributed by atoms with Crippen LogP contribution in [-0.4, -0.2) is 12.1 Å². The SMILES string of the molecule is CCC1C[C@@H](C)CC(=O)O1. The van der Waals surface area contributed by atoms with E-state index in [1.165, 1.54) is 0 Å². The average molecular weight is 142 g/mol. The molecule has 1 unspecified atom stereocenters. The van der Waals surface area contributed by atoms with Gasteiger partial charge in [-0.2, -0.15) is 0 Å². The molecule has 1 saturated heterocycles. The van der Waals surface area contributed by atoms with Gasteiger partial charge in [-0.05, 0) is 18.8 Å². The Morgan fingerprint density at radius 2 is 2.40 bits per heavy atom. The van der Waals surface area contributed by atoms with Gasteiger partial charge >= 0.3 is 5.97 Å². The molecule has 0 aromatic rings. The lowest BCUT2D eigenvalue weighted by Crippen LogP contribution is -2.27. The summed E-state index contributed by atoms with van der Waals surface area (Å²) in [4.78, 5) is 10.8. The zero-order chi connectivity index (χ0) is 7.56. The molecule has 0 saturated carbocycles. The topological polar surface area (TPSA) is 26.3 Å². The van der Waals surface area contributed by atoms with Crippen molar-refractivity contribution in [2.75, 3.05) is 0 Å². The fraction of sp³-hybridized carbons (Fsp3) is 0.875. The third kappa shape index (κ3) is 1.72. The van der Waals surface area contributed by atoms with Gasteiger partial charge in [0, 0.05) is 6.42 Å². The van der Waals surface area contributed by atoms with Crippen LogP contribution in [0.15, 0.2) is 0 Å². The molecular weight excluding hydrogens is 128 g/mol. The highest BCUT2D eigenvalue weighted by molar-refractivity contribution is 5.70. The van der Waals surface area contributed by atoms with Crippen LogP contribution in [0.4, 0.5) is 0 Å². The summed E-state index contributed by atoms with van der Waals surface area (Å²) in [5.74, 6) is 0.497. The molecule has 1 heterocycles. The first-order chi connectivity index (χ1) is 4.72. The van der Waals surface area contributed by atoms with Crippen molar-refractivity contribution in [3.63, 3.8) is 0 Å².